The van der Waals surface area contributed by atoms with Crippen molar-refractivity contribution in [2.75, 3.05) is 30.8 Å². The summed E-state index contributed by atoms with van der Waals surface area (Å²) in [5.41, 5.74) is 13.4. The average molecular weight is 579 g/mol. The minimum absolute atomic E-state index is 0.00175. The van der Waals surface area contributed by atoms with Crippen LogP contribution in [0.4, 0.5) is 15.8 Å². The normalized spacial score (nSPS) is 12.2. The summed E-state index contributed by atoms with van der Waals surface area (Å²) in [5.74, 6) is -1.56. The average Bonchev–Trinajstić information content (AvgIpc) is 3.37. The highest BCUT2D eigenvalue weighted by molar-refractivity contribution is 5.98. The second-order valence-corrected chi connectivity index (χ2v) is 9.17. The van der Waals surface area contributed by atoms with Gasteiger partial charge in [-0.2, -0.15) is 4.68 Å². The van der Waals surface area contributed by atoms with Crippen molar-refractivity contribution in [2.24, 2.45) is 10.7 Å². The molecule has 2 heterocycles. The maximum atomic E-state index is 16.0. The molecule has 8 N–H and O–H groups in total. The first-order valence-electron chi connectivity index (χ1n) is 13.1. The number of H-pyrrole nitrogens is 1. The van der Waals surface area contributed by atoms with E-state index in [1.165, 1.54) is 6.20 Å². The van der Waals surface area contributed by atoms with E-state index < -0.39 is 30.1 Å². The number of carbonyl (C=O) groups is 1. The van der Waals surface area contributed by atoms with Gasteiger partial charge in [0.2, 0.25) is 0 Å². The van der Waals surface area contributed by atoms with Gasteiger partial charge in [0.05, 0.1) is 12.3 Å². The summed E-state index contributed by atoms with van der Waals surface area (Å²) in [6.45, 7) is 1.44. The highest BCUT2D eigenvalue weighted by Gasteiger charge is 2.26. The Morgan fingerprint density at radius 2 is 2.02 bits per heavy atom. The van der Waals surface area contributed by atoms with Gasteiger partial charge in [-0.1, -0.05) is 13.0 Å². The van der Waals surface area contributed by atoms with Gasteiger partial charge in [0.25, 0.3) is 0 Å². The molecule has 4 rings (SSSR count). The van der Waals surface area contributed by atoms with Gasteiger partial charge in [-0.05, 0) is 54.4 Å². The predicted octanol–water partition coefficient (Wildman–Crippen LogP) is 1.99. The molecule has 1 atom stereocenters. The fraction of sp³-hybridized carbons (Fsp3) is 0.250. The number of nitrogens with two attached hydrogens (primary N) is 2. The van der Waals surface area contributed by atoms with E-state index in [0.29, 0.717) is 24.1 Å². The van der Waals surface area contributed by atoms with Crippen molar-refractivity contribution in [1.29, 1.82) is 0 Å². The van der Waals surface area contributed by atoms with E-state index in [-0.39, 0.29) is 47.7 Å². The standard InChI is InChI=1S/C28H31FN8O5/c1-2-16-13-19(23(29)21(14-16)42-12-4-11-38)24(26-35-28(41)37(36-26)27-20(30)5-3-10-32-27)34-18-8-6-17(7-9-18)25(31)33-15-22(39)40/h3,5-10,13-14,24,34,38H,2,4,11-12,15,30H2,1H3,(H2,31,33)(H,39,40)(H,35,36,41)/t24-/m0/s1. The fourth-order valence-corrected chi connectivity index (χ4v) is 4.09. The number of rotatable bonds is 13. The fourth-order valence-electron chi connectivity index (χ4n) is 4.09. The zero-order valence-corrected chi connectivity index (χ0v) is 22.7. The van der Waals surface area contributed by atoms with Gasteiger partial charge in [0.15, 0.2) is 23.2 Å². The predicted molar refractivity (Wildman–Crippen MR) is 155 cm³/mol. The van der Waals surface area contributed by atoms with E-state index in [4.69, 9.17) is 26.4 Å². The highest BCUT2D eigenvalue weighted by atomic mass is 19.1. The first kappa shape index (κ1) is 29.7. The Kier molecular flexibility index (Phi) is 9.50. The van der Waals surface area contributed by atoms with Crippen molar-refractivity contribution in [3.8, 4) is 11.6 Å². The van der Waals surface area contributed by atoms with Crippen molar-refractivity contribution < 1.29 is 24.1 Å². The number of ether oxygens (including phenoxy) is 1. The Morgan fingerprint density at radius 1 is 1.26 bits per heavy atom. The number of nitrogens with zero attached hydrogens (tertiary/aromatic N) is 4. The summed E-state index contributed by atoms with van der Waals surface area (Å²) in [4.78, 5) is 34.5. The van der Waals surface area contributed by atoms with Crippen LogP contribution in [0.5, 0.6) is 5.75 Å². The van der Waals surface area contributed by atoms with Crippen molar-refractivity contribution >= 4 is 23.2 Å². The summed E-state index contributed by atoms with van der Waals surface area (Å²) < 4.78 is 22.6. The zero-order valence-electron chi connectivity index (χ0n) is 22.7. The number of nitrogens with one attached hydrogen (secondary N) is 2. The molecule has 2 aromatic carbocycles. The molecule has 0 spiro atoms. The largest absolute Gasteiger partial charge is 0.490 e. The van der Waals surface area contributed by atoms with Gasteiger partial charge in [0.1, 0.15) is 18.4 Å². The van der Waals surface area contributed by atoms with Crippen LogP contribution in [0.3, 0.4) is 0 Å². The molecule has 0 aliphatic carbocycles. The third kappa shape index (κ3) is 6.90. The molecule has 0 aliphatic heterocycles. The molecule has 2 aromatic heterocycles. The summed E-state index contributed by atoms with van der Waals surface area (Å²) in [7, 11) is 0. The number of pyridine rings is 1. The minimum atomic E-state index is -1.11. The molecule has 0 radical (unpaired) electrons. The number of amidine groups is 1. The number of halogens is 1. The SMILES string of the molecule is CCc1cc(OCCCO)c(F)c([C@H](Nc2ccc(C(N)=NCC(=O)O)cc2)c2nn(-c3ncccc3N)c(=O)[nH]2)c1. The number of aryl methyl sites for hydroxylation is 1. The first-order chi connectivity index (χ1) is 20.2. The quantitative estimate of drug-likeness (QED) is 0.0772. The molecule has 14 heteroatoms. The molecule has 13 nitrogen and oxygen atoms in total. The van der Waals surface area contributed by atoms with E-state index in [1.807, 2.05) is 6.92 Å². The maximum absolute atomic E-state index is 16.0. The van der Waals surface area contributed by atoms with Crippen LogP contribution < -0.4 is 27.2 Å². The number of hydrogen-bond acceptors (Lipinski definition) is 9. The number of aliphatic hydroxyl groups is 1. The Bertz CT molecular complexity index is 1630. The molecule has 0 amide bonds. The van der Waals surface area contributed by atoms with Gasteiger partial charge in [-0.3, -0.25) is 14.8 Å². The van der Waals surface area contributed by atoms with Crippen LogP contribution >= 0.6 is 0 Å². The van der Waals surface area contributed by atoms with Crippen molar-refractivity contribution in [3.05, 3.63) is 93.5 Å². The molecule has 0 saturated heterocycles. The van der Waals surface area contributed by atoms with Crippen LogP contribution in [0.1, 0.15) is 41.9 Å². The Labute approximate surface area is 239 Å². The number of carboxylic acids is 1. The Hall–Kier alpha value is -5.24. The number of aliphatic imine (C=N–C) groups is 1. The monoisotopic (exact) mass is 578 g/mol. The molecule has 42 heavy (non-hydrogen) atoms. The lowest BCUT2D eigenvalue weighted by Crippen LogP contribution is -2.18. The van der Waals surface area contributed by atoms with Crippen LogP contribution in [0.2, 0.25) is 0 Å². The Morgan fingerprint density at radius 3 is 2.69 bits per heavy atom. The molecular weight excluding hydrogens is 547 g/mol. The number of anilines is 2. The number of aliphatic hydroxyl groups excluding tert-OH is 1. The maximum Gasteiger partial charge on any atom is 0.349 e. The third-order valence-electron chi connectivity index (χ3n) is 6.21. The van der Waals surface area contributed by atoms with Gasteiger partial charge < -0.3 is 31.7 Å². The second kappa shape index (κ2) is 13.4. The first-order valence-corrected chi connectivity index (χ1v) is 13.1. The number of aliphatic carboxylic acids is 1. The number of hydrogen-bond donors (Lipinski definition) is 6. The van der Waals surface area contributed by atoms with Crippen LogP contribution in [-0.4, -0.2) is 61.5 Å². The number of aromatic amines is 1. The van der Waals surface area contributed by atoms with Gasteiger partial charge in [-0.25, -0.2) is 14.2 Å². The molecule has 0 saturated carbocycles. The van der Waals surface area contributed by atoms with Crippen LogP contribution in [0.15, 0.2) is 64.5 Å². The molecular formula is C28H31FN8O5. The van der Waals surface area contributed by atoms with E-state index in [1.54, 1.807) is 48.5 Å². The molecule has 0 bridgehead atoms. The topological polar surface area (TPSA) is 207 Å². The van der Waals surface area contributed by atoms with E-state index >= 15 is 4.39 Å². The van der Waals surface area contributed by atoms with Crippen LogP contribution in [-0.2, 0) is 11.2 Å². The minimum Gasteiger partial charge on any atom is -0.490 e. The van der Waals surface area contributed by atoms with Gasteiger partial charge >= 0.3 is 11.7 Å². The molecule has 0 fully saturated rings. The van der Waals surface area contributed by atoms with Gasteiger partial charge in [-0.15, -0.1) is 5.10 Å². The second-order valence-electron chi connectivity index (χ2n) is 9.17. The lowest BCUT2D eigenvalue weighted by Gasteiger charge is -2.21. The lowest BCUT2D eigenvalue weighted by molar-refractivity contribution is -0.135. The van der Waals surface area contributed by atoms with Gasteiger partial charge in [0, 0.05) is 36.0 Å². The molecule has 4 aromatic rings. The highest BCUT2D eigenvalue weighted by Crippen LogP contribution is 2.33. The van der Waals surface area contributed by atoms with Crippen molar-refractivity contribution in [2.45, 2.75) is 25.8 Å². The van der Waals surface area contributed by atoms with E-state index in [2.05, 4.69) is 25.4 Å². The number of aromatic nitrogens is 4. The zero-order chi connectivity index (χ0) is 30.2. The van der Waals surface area contributed by atoms with E-state index in [0.717, 1.165) is 10.2 Å². The molecule has 220 valence electrons. The summed E-state index contributed by atoms with van der Waals surface area (Å²) in [5, 5.41) is 25.6. The van der Waals surface area contributed by atoms with Crippen molar-refractivity contribution in [1.82, 2.24) is 19.7 Å². The number of benzene rings is 2. The number of carboxylic acid groups (broad SMARTS) is 1. The Balaban J connectivity index is 1.79. The molecule has 0 unspecified atom stereocenters. The summed E-state index contributed by atoms with van der Waals surface area (Å²) >= 11 is 0. The lowest BCUT2D eigenvalue weighted by atomic mass is 10.00. The van der Waals surface area contributed by atoms with Crippen LogP contribution in [0, 0.1) is 5.82 Å². The third-order valence-corrected chi connectivity index (χ3v) is 6.21. The summed E-state index contributed by atoms with van der Waals surface area (Å²) in [6, 6.07) is 12.0. The summed E-state index contributed by atoms with van der Waals surface area (Å²) in [6.07, 6.45) is 2.35. The van der Waals surface area contributed by atoms with Crippen molar-refractivity contribution in [3.63, 3.8) is 0 Å². The number of nitrogen functional groups attached to an aromatic ring is 1. The van der Waals surface area contributed by atoms with Crippen LogP contribution in [0.25, 0.3) is 5.82 Å². The van der Waals surface area contributed by atoms with E-state index in [9.17, 15) is 9.59 Å². The molecule has 0 aliphatic rings. The smallest absolute Gasteiger partial charge is 0.349 e.